The summed E-state index contributed by atoms with van der Waals surface area (Å²) in [6, 6.07) is 25.0. The van der Waals surface area contributed by atoms with Gasteiger partial charge in [0.05, 0.1) is 5.69 Å². The van der Waals surface area contributed by atoms with E-state index in [4.69, 9.17) is 5.73 Å². The van der Waals surface area contributed by atoms with E-state index in [-0.39, 0.29) is 18.0 Å². The lowest BCUT2D eigenvalue weighted by molar-refractivity contribution is -0.119. The Bertz CT molecular complexity index is 1190. The summed E-state index contributed by atoms with van der Waals surface area (Å²) in [5, 5.41) is 8.91. The number of para-hydroxylation sites is 1. The van der Waals surface area contributed by atoms with E-state index in [2.05, 4.69) is 45.6 Å². The van der Waals surface area contributed by atoms with Crippen LogP contribution in [0.4, 0.5) is 5.69 Å². The lowest BCUT2D eigenvalue weighted by Crippen LogP contribution is -2.39. The van der Waals surface area contributed by atoms with E-state index in [0.717, 1.165) is 28.9 Å². The second-order valence-electron chi connectivity index (χ2n) is 8.62. The number of benzene rings is 3. The molecule has 7 nitrogen and oxygen atoms in total. The maximum absolute atomic E-state index is 12.9. The van der Waals surface area contributed by atoms with Crippen molar-refractivity contribution in [3.05, 3.63) is 90.0 Å². The first-order valence-corrected chi connectivity index (χ1v) is 11.2. The van der Waals surface area contributed by atoms with Gasteiger partial charge in [0.2, 0.25) is 5.91 Å². The summed E-state index contributed by atoms with van der Waals surface area (Å²) in [5.74, 6) is -0.820. The second kappa shape index (κ2) is 10.3. The average Bonchev–Trinajstić information content (AvgIpc) is 3.30. The molecule has 3 aromatic rings. The Morgan fingerprint density at radius 1 is 1.00 bits per heavy atom. The summed E-state index contributed by atoms with van der Waals surface area (Å²) in [6.45, 7) is 1.23. The van der Waals surface area contributed by atoms with E-state index in [9.17, 15) is 9.59 Å². The number of amides is 2. The molecule has 0 aromatic heterocycles. The highest BCUT2D eigenvalue weighted by Crippen LogP contribution is 2.26. The standard InChI is InChI=1S/C27H29N5O2/c1-31(2)18-19-12-14-20(15-13-19)23-11-7-6-8-21(23)17-29-27(34)24-16-25(26(28)33)32(30-24)22-9-4-3-5-10-22/h3-15,25H,16-18H2,1-2H3,(H2,28,33)(H,29,34). The summed E-state index contributed by atoms with van der Waals surface area (Å²) >= 11 is 0. The third kappa shape index (κ3) is 5.32. The van der Waals surface area contributed by atoms with Crippen LogP contribution in [-0.2, 0) is 22.7 Å². The maximum Gasteiger partial charge on any atom is 0.267 e. The minimum atomic E-state index is -0.684. The van der Waals surface area contributed by atoms with Gasteiger partial charge in [-0.05, 0) is 48.5 Å². The highest BCUT2D eigenvalue weighted by atomic mass is 16.2. The van der Waals surface area contributed by atoms with Gasteiger partial charge in [-0.15, -0.1) is 0 Å². The molecule has 0 radical (unpaired) electrons. The van der Waals surface area contributed by atoms with E-state index in [1.54, 1.807) is 0 Å². The molecule has 1 heterocycles. The molecule has 4 rings (SSSR count). The summed E-state index contributed by atoms with van der Waals surface area (Å²) < 4.78 is 0. The van der Waals surface area contributed by atoms with Crippen LogP contribution >= 0.6 is 0 Å². The molecule has 0 spiro atoms. The number of nitrogens with two attached hydrogens (primary N) is 1. The predicted molar refractivity (Wildman–Crippen MR) is 135 cm³/mol. The highest BCUT2D eigenvalue weighted by Gasteiger charge is 2.34. The van der Waals surface area contributed by atoms with Gasteiger partial charge in [0, 0.05) is 19.5 Å². The Kier molecular flexibility index (Phi) is 7.04. The molecular weight excluding hydrogens is 426 g/mol. The van der Waals surface area contributed by atoms with Crippen LogP contribution in [0, 0.1) is 0 Å². The van der Waals surface area contributed by atoms with Crippen molar-refractivity contribution in [2.24, 2.45) is 10.8 Å². The minimum Gasteiger partial charge on any atom is -0.368 e. The molecule has 174 valence electrons. The summed E-state index contributed by atoms with van der Waals surface area (Å²) in [4.78, 5) is 27.1. The Morgan fingerprint density at radius 3 is 2.35 bits per heavy atom. The number of carbonyl (C=O) groups excluding carboxylic acids is 2. The Labute approximate surface area is 199 Å². The Balaban J connectivity index is 1.48. The zero-order chi connectivity index (χ0) is 24.1. The molecular formula is C27H29N5O2. The van der Waals surface area contributed by atoms with Crippen molar-refractivity contribution in [3.8, 4) is 11.1 Å². The molecule has 2 amide bonds. The first kappa shape index (κ1) is 23.2. The number of nitrogens with zero attached hydrogens (tertiary/aromatic N) is 3. The van der Waals surface area contributed by atoms with Gasteiger partial charge in [-0.2, -0.15) is 5.10 Å². The van der Waals surface area contributed by atoms with Crippen molar-refractivity contribution in [1.82, 2.24) is 10.2 Å². The molecule has 0 aliphatic carbocycles. The van der Waals surface area contributed by atoms with Gasteiger partial charge in [-0.25, -0.2) is 0 Å². The van der Waals surface area contributed by atoms with Gasteiger partial charge in [-0.1, -0.05) is 66.7 Å². The number of carbonyl (C=O) groups is 2. The molecule has 34 heavy (non-hydrogen) atoms. The lowest BCUT2D eigenvalue weighted by atomic mass is 9.98. The summed E-state index contributed by atoms with van der Waals surface area (Å²) in [5.41, 5.74) is 11.0. The SMILES string of the molecule is CN(C)Cc1ccc(-c2ccccc2CNC(=O)C2=NN(c3ccccc3)C(C(N)=O)C2)cc1. The minimum absolute atomic E-state index is 0.172. The Morgan fingerprint density at radius 2 is 1.68 bits per heavy atom. The van der Waals surface area contributed by atoms with Crippen molar-refractivity contribution < 1.29 is 9.59 Å². The molecule has 3 aromatic carbocycles. The van der Waals surface area contributed by atoms with Gasteiger partial charge in [-0.3, -0.25) is 14.6 Å². The number of hydrogen-bond acceptors (Lipinski definition) is 5. The number of rotatable bonds is 8. The molecule has 7 heteroatoms. The number of primary amides is 1. The van der Waals surface area contributed by atoms with Gasteiger partial charge >= 0.3 is 0 Å². The third-order valence-corrected chi connectivity index (χ3v) is 5.74. The van der Waals surface area contributed by atoms with Gasteiger partial charge in [0.25, 0.3) is 5.91 Å². The van der Waals surface area contributed by atoms with Crippen molar-refractivity contribution >= 4 is 23.2 Å². The second-order valence-corrected chi connectivity index (χ2v) is 8.62. The molecule has 0 bridgehead atoms. The van der Waals surface area contributed by atoms with E-state index in [1.807, 2.05) is 62.6 Å². The topological polar surface area (TPSA) is 91.0 Å². The highest BCUT2D eigenvalue weighted by molar-refractivity contribution is 6.40. The van der Waals surface area contributed by atoms with Crippen LogP contribution in [-0.4, -0.2) is 42.6 Å². The monoisotopic (exact) mass is 455 g/mol. The fraction of sp³-hybridized carbons (Fsp3) is 0.222. The normalized spacial score (nSPS) is 15.3. The quantitative estimate of drug-likeness (QED) is 0.546. The number of nitrogens with one attached hydrogen (secondary N) is 1. The maximum atomic E-state index is 12.9. The molecule has 1 atom stereocenters. The van der Waals surface area contributed by atoms with Crippen molar-refractivity contribution in [3.63, 3.8) is 0 Å². The van der Waals surface area contributed by atoms with Crippen LogP contribution in [0.2, 0.25) is 0 Å². The van der Waals surface area contributed by atoms with Crippen LogP contribution < -0.4 is 16.1 Å². The molecule has 1 aliphatic rings. The first-order chi connectivity index (χ1) is 16.4. The van der Waals surface area contributed by atoms with Crippen molar-refractivity contribution in [2.75, 3.05) is 19.1 Å². The summed E-state index contributed by atoms with van der Waals surface area (Å²) in [6.07, 6.45) is 0.172. The number of anilines is 1. The zero-order valence-electron chi connectivity index (χ0n) is 19.4. The smallest absolute Gasteiger partial charge is 0.267 e. The first-order valence-electron chi connectivity index (χ1n) is 11.2. The van der Waals surface area contributed by atoms with Gasteiger partial charge < -0.3 is 16.0 Å². The molecule has 0 saturated heterocycles. The largest absolute Gasteiger partial charge is 0.368 e. The lowest BCUT2D eigenvalue weighted by Gasteiger charge is -2.20. The fourth-order valence-electron chi connectivity index (χ4n) is 4.08. The molecule has 1 unspecified atom stereocenters. The number of hydrogen-bond donors (Lipinski definition) is 2. The average molecular weight is 456 g/mol. The molecule has 0 fully saturated rings. The fourth-order valence-corrected chi connectivity index (χ4v) is 4.08. The zero-order valence-corrected chi connectivity index (χ0v) is 19.4. The number of hydrazone groups is 1. The van der Waals surface area contributed by atoms with Crippen molar-refractivity contribution in [2.45, 2.75) is 25.6 Å². The van der Waals surface area contributed by atoms with Crippen LogP contribution in [0.1, 0.15) is 17.5 Å². The van der Waals surface area contributed by atoms with Gasteiger partial charge in [0.15, 0.2) is 0 Å². The van der Waals surface area contributed by atoms with Gasteiger partial charge in [0.1, 0.15) is 11.8 Å². The Hall–Kier alpha value is -3.97. The van der Waals surface area contributed by atoms with E-state index >= 15 is 0 Å². The molecule has 0 saturated carbocycles. The van der Waals surface area contributed by atoms with Crippen LogP contribution in [0.25, 0.3) is 11.1 Å². The third-order valence-electron chi connectivity index (χ3n) is 5.74. The predicted octanol–water partition coefficient (Wildman–Crippen LogP) is 3.15. The van der Waals surface area contributed by atoms with E-state index in [1.165, 1.54) is 10.6 Å². The summed E-state index contributed by atoms with van der Waals surface area (Å²) in [7, 11) is 4.09. The van der Waals surface area contributed by atoms with Crippen LogP contribution in [0.15, 0.2) is 84.0 Å². The van der Waals surface area contributed by atoms with E-state index in [0.29, 0.717) is 6.54 Å². The van der Waals surface area contributed by atoms with Crippen molar-refractivity contribution in [1.29, 1.82) is 0 Å². The molecule has 1 aliphatic heterocycles. The van der Waals surface area contributed by atoms with Crippen LogP contribution in [0.5, 0.6) is 0 Å². The van der Waals surface area contributed by atoms with E-state index < -0.39 is 11.9 Å². The molecule has 3 N–H and O–H groups in total. The van der Waals surface area contributed by atoms with Crippen LogP contribution in [0.3, 0.4) is 0 Å².